The maximum Gasteiger partial charge on any atom is 0.238 e. The molecule has 1 aliphatic rings. The molecular formula is C14H18N2O4. The fourth-order valence-electron chi connectivity index (χ4n) is 2.17. The number of nitrogens with zero attached hydrogens (tertiary/aromatic N) is 1. The van der Waals surface area contributed by atoms with Crippen LogP contribution in [0.25, 0.3) is 0 Å². The first-order valence-corrected chi connectivity index (χ1v) is 6.45. The van der Waals surface area contributed by atoms with Gasteiger partial charge in [0.1, 0.15) is 0 Å². The van der Waals surface area contributed by atoms with Gasteiger partial charge in [-0.1, -0.05) is 0 Å². The highest BCUT2D eigenvalue weighted by Crippen LogP contribution is 2.12. The van der Waals surface area contributed by atoms with Crippen LogP contribution in [0.1, 0.15) is 17.3 Å². The van der Waals surface area contributed by atoms with Crippen molar-refractivity contribution in [2.45, 2.75) is 19.1 Å². The van der Waals surface area contributed by atoms with Crippen molar-refractivity contribution in [3.63, 3.8) is 0 Å². The van der Waals surface area contributed by atoms with Gasteiger partial charge in [0.2, 0.25) is 5.91 Å². The molecule has 2 rings (SSSR count). The van der Waals surface area contributed by atoms with Crippen LogP contribution in [0.4, 0.5) is 5.69 Å². The monoisotopic (exact) mass is 278 g/mol. The molecule has 2 atom stereocenters. The van der Waals surface area contributed by atoms with E-state index in [-0.39, 0.29) is 31.3 Å². The molecular weight excluding hydrogens is 260 g/mol. The molecule has 0 bridgehead atoms. The SMILES string of the molecule is CC(=O)c1ccc(NC(=O)CN2CC(O)C(O)C2)cc1. The molecule has 0 aliphatic carbocycles. The van der Waals surface area contributed by atoms with E-state index in [2.05, 4.69) is 5.32 Å². The molecule has 1 aromatic carbocycles. The van der Waals surface area contributed by atoms with Crippen LogP contribution in [0.3, 0.4) is 0 Å². The molecule has 20 heavy (non-hydrogen) atoms. The molecule has 3 N–H and O–H groups in total. The Morgan fingerprint density at radius 2 is 1.75 bits per heavy atom. The summed E-state index contributed by atoms with van der Waals surface area (Å²) in [6, 6.07) is 6.65. The van der Waals surface area contributed by atoms with Crippen molar-refractivity contribution in [1.29, 1.82) is 0 Å². The quantitative estimate of drug-likeness (QED) is 0.667. The summed E-state index contributed by atoms with van der Waals surface area (Å²) in [5, 5.41) is 21.5. The molecule has 6 nitrogen and oxygen atoms in total. The standard InChI is InChI=1S/C14H18N2O4/c1-9(17)10-2-4-11(5-3-10)15-14(20)8-16-6-12(18)13(19)7-16/h2-5,12-13,18-19H,6-8H2,1H3,(H,15,20). The zero-order chi connectivity index (χ0) is 14.7. The molecule has 2 unspecified atom stereocenters. The first-order chi connectivity index (χ1) is 9.45. The number of nitrogens with one attached hydrogen (secondary N) is 1. The van der Waals surface area contributed by atoms with Gasteiger partial charge in [0.25, 0.3) is 0 Å². The Hall–Kier alpha value is -1.76. The number of β-amino-alcohol motifs (C(OH)–C–C–N with tert-alkyl or cyclic N) is 2. The normalized spacial score (nSPS) is 22.8. The van der Waals surface area contributed by atoms with Crippen molar-refractivity contribution in [3.05, 3.63) is 29.8 Å². The molecule has 0 saturated carbocycles. The summed E-state index contributed by atoms with van der Waals surface area (Å²) in [7, 11) is 0. The predicted octanol–water partition coefficient (Wildman–Crippen LogP) is -0.135. The number of carbonyl (C=O) groups excluding carboxylic acids is 2. The Bertz CT molecular complexity index is 490. The smallest absolute Gasteiger partial charge is 0.238 e. The van der Waals surface area contributed by atoms with E-state index in [0.29, 0.717) is 11.3 Å². The molecule has 108 valence electrons. The van der Waals surface area contributed by atoms with E-state index in [0.717, 1.165) is 0 Å². The fourth-order valence-corrected chi connectivity index (χ4v) is 2.17. The third-order valence-corrected chi connectivity index (χ3v) is 3.28. The van der Waals surface area contributed by atoms with Crippen LogP contribution in [0.15, 0.2) is 24.3 Å². The number of Topliss-reactive ketones (excluding diaryl/α,β-unsaturated/α-hetero) is 1. The van der Waals surface area contributed by atoms with Gasteiger partial charge in [0.15, 0.2) is 5.78 Å². The maximum atomic E-state index is 11.8. The van der Waals surface area contributed by atoms with Gasteiger partial charge in [-0.2, -0.15) is 0 Å². The number of likely N-dealkylation sites (tertiary alicyclic amines) is 1. The molecule has 6 heteroatoms. The maximum absolute atomic E-state index is 11.8. The molecule has 1 aromatic rings. The number of benzene rings is 1. The molecule has 0 aromatic heterocycles. The minimum absolute atomic E-state index is 0.0251. The van der Waals surface area contributed by atoms with Gasteiger partial charge in [0.05, 0.1) is 18.8 Å². The van der Waals surface area contributed by atoms with Gasteiger partial charge >= 0.3 is 0 Å². The van der Waals surface area contributed by atoms with Crippen molar-refractivity contribution in [2.75, 3.05) is 25.0 Å². The number of anilines is 1. The van der Waals surface area contributed by atoms with E-state index >= 15 is 0 Å². The van der Waals surface area contributed by atoms with E-state index in [1.54, 1.807) is 29.2 Å². The topological polar surface area (TPSA) is 89.9 Å². The molecule has 1 saturated heterocycles. The van der Waals surface area contributed by atoms with Crippen LogP contribution in [0, 0.1) is 0 Å². The summed E-state index contributed by atoms with van der Waals surface area (Å²) in [6.45, 7) is 2.18. The van der Waals surface area contributed by atoms with E-state index in [9.17, 15) is 19.8 Å². The third-order valence-electron chi connectivity index (χ3n) is 3.28. The van der Waals surface area contributed by atoms with Gasteiger partial charge < -0.3 is 15.5 Å². The number of aliphatic hydroxyl groups is 2. The number of ketones is 1. The number of hydrogen-bond acceptors (Lipinski definition) is 5. The minimum atomic E-state index is -0.794. The van der Waals surface area contributed by atoms with Crippen LogP contribution in [0.2, 0.25) is 0 Å². The highest BCUT2D eigenvalue weighted by molar-refractivity contribution is 5.96. The van der Waals surface area contributed by atoms with Crippen LogP contribution >= 0.6 is 0 Å². The van der Waals surface area contributed by atoms with Gasteiger partial charge in [-0.25, -0.2) is 0 Å². The Morgan fingerprint density at radius 1 is 1.20 bits per heavy atom. The molecule has 0 spiro atoms. The highest BCUT2D eigenvalue weighted by atomic mass is 16.3. The highest BCUT2D eigenvalue weighted by Gasteiger charge is 2.30. The summed E-state index contributed by atoms with van der Waals surface area (Å²) >= 11 is 0. The van der Waals surface area contributed by atoms with Crippen molar-refractivity contribution >= 4 is 17.4 Å². The Morgan fingerprint density at radius 3 is 2.25 bits per heavy atom. The molecule has 1 amide bonds. The minimum Gasteiger partial charge on any atom is -0.389 e. The lowest BCUT2D eigenvalue weighted by Gasteiger charge is -2.14. The molecule has 1 aliphatic heterocycles. The zero-order valence-corrected chi connectivity index (χ0v) is 11.2. The van der Waals surface area contributed by atoms with Crippen molar-refractivity contribution in [1.82, 2.24) is 4.90 Å². The summed E-state index contributed by atoms with van der Waals surface area (Å²) in [5.74, 6) is -0.246. The number of amides is 1. The second-order valence-corrected chi connectivity index (χ2v) is 5.01. The number of hydrogen-bond donors (Lipinski definition) is 3. The Kier molecular flexibility index (Phi) is 4.49. The zero-order valence-electron chi connectivity index (χ0n) is 11.2. The molecule has 0 radical (unpaired) electrons. The first-order valence-electron chi connectivity index (χ1n) is 6.45. The van der Waals surface area contributed by atoms with Crippen LogP contribution in [-0.4, -0.2) is 58.6 Å². The average molecular weight is 278 g/mol. The predicted molar refractivity (Wildman–Crippen MR) is 73.5 cm³/mol. The largest absolute Gasteiger partial charge is 0.389 e. The second-order valence-electron chi connectivity index (χ2n) is 5.01. The Labute approximate surface area is 117 Å². The summed E-state index contributed by atoms with van der Waals surface area (Å²) in [4.78, 5) is 24.6. The summed E-state index contributed by atoms with van der Waals surface area (Å²) < 4.78 is 0. The average Bonchev–Trinajstić information content (AvgIpc) is 2.68. The lowest BCUT2D eigenvalue weighted by molar-refractivity contribution is -0.117. The van der Waals surface area contributed by atoms with Crippen LogP contribution in [-0.2, 0) is 4.79 Å². The summed E-state index contributed by atoms with van der Waals surface area (Å²) in [6.07, 6.45) is -1.59. The fraction of sp³-hybridized carbons (Fsp3) is 0.429. The third kappa shape index (κ3) is 3.63. The van der Waals surface area contributed by atoms with E-state index in [1.165, 1.54) is 6.92 Å². The van der Waals surface area contributed by atoms with Crippen molar-refractivity contribution < 1.29 is 19.8 Å². The molecule has 1 heterocycles. The molecule has 1 fully saturated rings. The Balaban J connectivity index is 1.87. The number of carbonyl (C=O) groups is 2. The van der Waals surface area contributed by atoms with Gasteiger partial charge in [-0.05, 0) is 31.2 Å². The van der Waals surface area contributed by atoms with Gasteiger partial charge in [-0.3, -0.25) is 14.5 Å². The first kappa shape index (κ1) is 14.6. The lowest BCUT2D eigenvalue weighted by atomic mass is 10.1. The van der Waals surface area contributed by atoms with E-state index < -0.39 is 12.2 Å². The van der Waals surface area contributed by atoms with E-state index in [4.69, 9.17) is 0 Å². The van der Waals surface area contributed by atoms with Crippen molar-refractivity contribution in [2.24, 2.45) is 0 Å². The summed E-state index contributed by atoms with van der Waals surface area (Å²) in [5.41, 5.74) is 1.20. The van der Waals surface area contributed by atoms with Crippen LogP contribution < -0.4 is 5.32 Å². The van der Waals surface area contributed by atoms with E-state index in [1.807, 2.05) is 0 Å². The van der Waals surface area contributed by atoms with Crippen LogP contribution in [0.5, 0.6) is 0 Å². The number of rotatable bonds is 4. The van der Waals surface area contributed by atoms with Gasteiger partial charge in [0, 0.05) is 24.3 Å². The number of aliphatic hydroxyl groups excluding tert-OH is 2. The van der Waals surface area contributed by atoms with Gasteiger partial charge in [-0.15, -0.1) is 0 Å². The van der Waals surface area contributed by atoms with Crippen molar-refractivity contribution in [3.8, 4) is 0 Å². The lowest BCUT2D eigenvalue weighted by Crippen LogP contribution is -2.32. The second kappa shape index (κ2) is 6.13.